The molecule has 0 aromatic carbocycles. The van der Waals surface area contributed by atoms with Crippen molar-refractivity contribution in [2.24, 2.45) is 0 Å². The quantitative estimate of drug-likeness (QED) is 0.494. The molecule has 0 amide bonds. The Morgan fingerprint density at radius 3 is 1.83 bits per heavy atom. The van der Waals surface area contributed by atoms with Gasteiger partial charge in [-0.15, -0.1) is 0 Å². The van der Waals surface area contributed by atoms with Crippen molar-refractivity contribution in [1.82, 2.24) is 0 Å². The summed E-state index contributed by atoms with van der Waals surface area (Å²) in [5, 5.41) is 0. The first kappa shape index (κ1) is 4.82. The van der Waals surface area contributed by atoms with Crippen LogP contribution in [0.5, 0.6) is 0 Å². The van der Waals surface area contributed by atoms with E-state index < -0.39 is 0 Å². The van der Waals surface area contributed by atoms with Crippen LogP contribution in [0.25, 0.3) is 0 Å². The van der Waals surface area contributed by atoms with Gasteiger partial charge in [-0.05, 0) is 0 Å². The van der Waals surface area contributed by atoms with E-state index in [0.29, 0.717) is 0 Å². The maximum absolute atomic E-state index is 1.79. The van der Waals surface area contributed by atoms with Crippen molar-refractivity contribution in [3.8, 4) is 0 Å². The van der Waals surface area contributed by atoms with Gasteiger partial charge in [0.1, 0.15) is 0 Å². The molecule has 6 heavy (non-hydrogen) atoms. The van der Waals surface area contributed by atoms with Crippen LogP contribution < -0.4 is 0 Å². The molecule has 0 N–H and O–H groups in total. The van der Waals surface area contributed by atoms with Gasteiger partial charge in [-0.2, -0.15) is 0 Å². The average Bonchev–Trinajstić information content (AvgIpc) is 1.86. The zero-order valence-corrected chi connectivity index (χ0v) is 6.68. The van der Waals surface area contributed by atoms with Gasteiger partial charge in [0.05, 0.1) is 0 Å². The van der Waals surface area contributed by atoms with Gasteiger partial charge in [-0.25, -0.2) is 0 Å². The second-order valence-electron chi connectivity index (χ2n) is 1.81. The van der Waals surface area contributed by atoms with E-state index in [-0.39, 0.29) is 0 Å². The zero-order chi connectivity index (χ0) is 4.41. The summed E-state index contributed by atoms with van der Waals surface area (Å²) in [7, 11) is 0. The summed E-state index contributed by atoms with van der Waals surface area (Å²) in [6.07, 6.45) is 5.83. The van der Waals surface area contributed by atoms with Crippen LogP contribution in [0, 0.1) is 0 Å². The molecule has 32 valence electrons. The van der Waals surface area contributed by atoms with Gasteiger partial charge < -0.3 is 0 Å². The molecule has 0 heterocycles. The molecule has 0 atom stereocenters. The third kappa shape index (κ3) is 1.07. The molecule has 0 bridgehead atoms. The Bertz CT molecular complexity index is 58.3. The normalized spacial score (nSPS) is 22.3. The van der Waals surface area contributed by atoms with Crippen LogP contribution in [0.4, 0.5) is 0 Å². The topological polar surface area (TPSA) is 0 Å². The van der Waals surface area contributed by atoms with E-state index in [2.05, 4.69) is 0 Å². The molecule has 0 spiro atoms. The predicted octanol–water partition coefficient (Wildman–Crippen LogP) is 0.901. The van der Waals surface area contributed by atoms with Crippen LogP contribution in [0.2, 0.25) is 0 Å². The monoisotopic (exact) mass is 188 g/mol. The fourth-order valence-corrected chi connectivity index (χ4v) is 1.81. The van der Waals surface area contributed by atoms with E-state index in [1.165, 1.54) is 25.7 Å². The molecule has 0 unspecified atom stereocenters. The minimum atomic E-state index is 1.44. The van der Waals surface area contributed by atoms with E-state index in [0.717, 1.165) is 0 Å². The maximum atomic E-state index is 1.79. The molecule has 0 saturated heterocycles. The van der Waals surface area contributed by atoms with E-state index >= 15 is 0 Å². The number of hydrogen-bond donors (Lipinski definition) is 0. The molecule has 2 radical (unpaired) electrons. The Balaban J connectivity index is 2.37. The first-order valence-corrected chi connectivity index (χ1v) is 3.88. The van der Waals surface area contributed by atoms with Crippen LogP contribution >= 0.6 is 0 Å². The van der Waals surface area contributed by atoms with Crippen LogP contribution in [0.1, 0.15) is 25.7 Å². The summed E-state index contributed by atoms with van der Waals surface area (Å²) in [5.41, 5.74) is 0. The molecule has 1 saturated carbocycles. The molecule has 0 aromatic heterocycles. The zero-order valence-electron chi connectivity index (χ0n) is 3.83. The van der Waals surface area contributed by atoms with Gasteiger partial charge >= 0.3 is 51.3 Å². The third-order valence-electron chi connectivity index (χ3n) is 1.21. The van der Waals surface area contributed by atoms with Crippen LogP contribution in [-0.4, -0.2) is 25.6 Å². The van der Waals surface area contributed by atoms with Gasteiger partial charge in [0.25, 0.3) is 0 Å². The Morgan fingerprint density at radius 2 is 1.67 bits per heavy atom. The van der Waals surface area contributed by atoms with E-state index in [1.54, 1.807) is 25.6 Å². The molecule has 0 aromatic rings. The molecule has 1 fully saturated rings. The molecule has 1 heteroatoms. The van der Waals surface area contributed by atoms with Crippen molar-refractivity contribution in [2.45, 2.75) is 25.7 Å². The summed E-state index contributed by atoms with van der Waals surface area (Å²) in [6, 6.07) is 0. The van der Waals surface area contributed by atoms with E-state index in [4.69, 9.17) is 0 Å². The van der Waals surface area contributed by atoms with Crippen molar-refractivity contribution in [1.29, 1.82) is 0 Å². The summed E-state index contributed by atoms with van der Waals surface area (Å²) < 4.78 is 1.79. The first-order valence-electron chi connectivity index (χ1n) is 2.46. The van der Waals surface area contributed by atoms with Gasteiger partial charge in [0, 0.05) is 0 Å². The average molecular weight is 187 g/mol. The molecule has 0 nitrogen and oxygen atoms in total. The molecule has 1 aliphatic rings. The van der Waals surface area contributed by atoms with Crippen molar-refractivity contribution in [3.05, 3.63) is 0 Å². The Kier molecular flexibility index (Phi) is 1.69. The van der Waals surface area contributed by atoms with Gasteiger partial charge in [0.15, 0.2) is 0 Å². The number of hydrogen-bond acceptors (Lipinski definition) is 0. The summed E-state index contributed by atoms with van der Waals surface area (Å²) in [4.78, 5) is 0. The Hall–Kier alpha value is 0.669. The summed E-state index contributed by atoms with van der Waals surface area (Å²) >= 11 is 1.68. The fourth-order valence-electron chi connectivity index (χ4n) is 0.802. The fraction of sp³-hybridized carbons (Fsp3) is 0.800. The van der Waals surface area contributed by atoms with Crippen molar-refractivity contribution in [2.75, 3.05) is 0 Å². The Morgan fingerprint density at radius 1 is 1.17 bits per heavy atom. The summed E-state index contributed by atoms with van der Waals surface area (Å²) in [5.74, 6) is 0. The Labute approximate surface area is 51.5 Å². The number of rotatable bonds is 0. The van der Waals surface area contributed by atoms with Crippen molar-refractivity contribution in [3.63, 3.8) is 0 Å². The standard InChI is InChI=1S/C5H8.Sn/c1-2-4-5-3-1;/h1-4H2;. The first-order chi connectivity index (χ1) is 2.89. The SMILES string of the molecule is [Sn]=[C]1CCCC1. The molecular formula is C5H8Sn. The van der Waals surface area contributed by atoms with Crippen LogP contribution in [0.3, 0.4) is 0 Å². The van der Waals surface area contributed by atoms with Crippen LogP contribution in [-0.2, 0) is 0 Å². The van der Waals surface area contributed by atoms with Gasteiger partial charge in [-0.1, -0.05) is 0 Å². The summed E-state index contributed by atoms with van der Waals surface area (Å²) in [6.45, 7) is 0. The van der Waals surface area contributed by atoms with E-state index in [9.17, 15) is 0 Å². The second kappa shape index (κ2) is 2.10. The van der Waals surface area contributed by atoms with Crippen molar-refractivity contribution < 1.29 is 0 Å². The van der Waals surface area contributed by atoms with Crippen molar-refractivity contribution >= 4 is 25.6 Å². The molecule has 1 rings (SSSR count). The van der Waals surface area contributed by atoms with Gasteiger partial charge in [-0.3, -0.25) is 0 Å². The predicted molar refractivity (Wildman–Crippen MR) is 29.2 cm³/mol. The third-order valence-corrected chi connectivity index (χ3v) is 2.63. The molecule has 0 aliphatic heterocycles. The molecule has 1 aliphatic carbocycles. The van der Waals surface area contributed by atoms with E-state index in [1.807, 2.05) is 0 Å². The second-order valence-corrected chi connectivity index (χ2v) is 3.83. The van der Waals surface area contributed by atoms with Gasteiger partial charge in [0.2, 0.25) is 0 Å². The minimum absolute atomic E-state index is 1.44. The van der Waals surface area contributed by atoms with Crippen LogP contribution in [0.15, 0.2) is 0 Å². The molecular weight excluding hydrogens is 179 g/mol.